The summed E-state index contributed by atoms with van der Waals surface area (Å²) in [7, 11) is 0. The summed E-state index contributed by atoms with van der Waals surface area (Å²) in [6.07, 6.45) is 3.28. The summed E-state index contributed by atoms with van der Waals surface area (Å²) in [6.45, 7) is 10.5. The summed E-state index contributed by atoms with van der Waals surface area (Å²) >= 11 is 0. The van der Waals surface area contributed by atoms with E-state index in [1.807, 2.05) is 11.4 Å². The molecule has 2 unspecified atom stereocenters. The lowest BCUT2D eigenvalue weighted by molar-refractivity contribution is 0.533. The van der Waals surface area contributed by atoms with Crippen LogP contribution in [0.5, 0.6) is 0 Å². The second-order valence-corrected chi connectivity index (χ2v) is 8.01. The molecule has 5 rings (SSSR count). The molecule has 0 aromatic carbocycles. The van der Waals surface area contributed by atoms with Crippen molar-refractivity contribution < 1.29 is 0 Å². The smallest absolute Gasteiger partial charge is 0.254 e. The van der Waals surface area contributed by atoms with Gasteiger partial charge in [-0.2, -0.15) is 14.6 Å². The van der Waals surface area contributed by atoms with Crippen LogP contribution in [0, 0.1) is 18.8 Å². The number of aryl methyl sites for hydroxylation is 1. The van der Waals surface area contributed by atoms with E-state index in [9.17, 15) is 0 Å². The number of anilines is 2. The number of hydrogen-bond acceptors (Lipinski definition) is 7. The summed E-state index contributed by atoms with van der Waals surface area (Å²) in [5.41, 5.74) is 2.09. The summed E-state index contributed by atoms with van der Waals surface area (Å²) < 4.78 is 1.85. The predicted octanol–water partition coefficient (Wildman–Crippen LogP) is 1.92. The molecule has 0 saturated carbocycles. The van der Waals surface area contributed by atoms with Gasteiger partial charge in [0.2, 0.25) is 0 Å². The highest BCUT2D eigenvalue weighted by Crippen LogP contribution is 2.35. The molecule has 2 fully saturated rings. The number of aromatic nitrogens is 6. The first-order chi connectivity index (χ1) is 13.1. The Kier molecular flexibility index (Phi) is 3.73. The molecule has 0 aliphatic carbocycles. The van der Waals surface area contributed by atoms with E-state index in [1.165, 1.54) is 0 Å². The minimum atomic E-state index is 0.421. The van der Waals surface area contributed by atoms with E-state index in [1.54, 1.807) is 12.7 Å². The maximum Gasteiger partial charge on any atom is 0.254 e. The number of hydrogen-bond donors (Lipinski definition) is 0. The number of rotatable bonds is 3. The van der Waals surface area contributed by atoms with Gasteiger partial charge in [-0.1, -0.05) is 13.8 Å². The van der Waals surface area contributed by atoms with Crippen molar-refractivity contribution in [3.05, 3.63) is 36.2 Å². The van der Waals surface area contributed by atoms with E-state index >= 15 is 0 Å². The third-order valence-corrected chi connectivity index (χ3v) is 5.76. The van der Waals surface area contributed by atoms with Crippen LogP contribution in [0.15, 0.2) is 24.8 Å². The number of nitrogens with zero attached hydrogens (tertiary/aromatic N) is 8. The fourth-order valence-corrected chi connectivity index (χ4v) is 4.35. The van der Waals surface area contributed by atoms with E-state index in [-0.39, 0.29) is 0 Å². The SMILES string of the molecule is Cc1cc(N2CC3CN(c4cc(C(C)C)ncn4)CC3C2)n2ncnc2n1. The van der Waals surface area contributed by atoms with Crippen molar-refractivity contribution in [3.63, 3.8) is 0 Å². The van der Waals surface area contributed by atoms with Crippen LogP contribution in [0.3, 0.4) is 0 Å². The lowest BCUT2D eigenvalue weighted by atomic mass is 10.0. The fraction of sp³-hybridized carbons (Fsp3) is 0.526. The van der Waals surface area contributed by atoms with Gasteiger partial charge in [0.25, 0.3) is 5.78 Å². The minimum absolute atomic E-state index is 0.421. The zero-order valence-corrected chi connectivity index (χ0v) is 15.9. The molecule has 2 atom stereocenters. The Labute approximate surface area is 158 Å². The molecule has 3 aromatic rings. The van der Waals surface area contributed by atoms with Crippen molar-refractivity contribution >= 4 is 17.4 Å². The second-order valence-electron chi connectivity index (χ2n) is 8.01. The van der Waals surface area contributed by atoms with Gasteiger partial charge in [-0.3, -0.25) is 0 Å². The van der Waals surface area contributed by atoms with Gasteiger partial charge in [-0.15, -0.1) is 0 Å². The monoisotopic (exact) mass is 364 g/mol. The van der Waals surface area contributed by atoms with Crippen LogP contribution in [0.2, 0.25) is 0 Å². The van der Waals surface area contributed by atoms with Gasteiger partial charge in [0.1, 0.15) is 24.3 Å². The summed E-state index contributed by atoms with van der Waals surface area (Å²) in [4.78, 5) is 22.5. The summed E-state index contributed by atoms with van der Waals surface area (Å²) in [6, 6.07) is 4.26. The van der Waals surface area contributed by atoms with Gasteiger partial charge >= 0.3 is 0 Å². The highest BCUT2D eigenvalue weighted by Gasteiger charge is 2.41. The van der Waals surface area contributed by atoms with Crippen molar-refractivity contribution in [2.24, 2.45) is 11.8 Å². The molecular formula is C19H24N8. The van der Waals surface area contributed by atoms with Gasteiger partial charge in [-0.25, -0.2) is 15.0 Å². The molecule has 8 nitrogen and oxygen atoms in total. The maximum absolute atomic E-state index is 4.52. The molecule has 2 aliphatic rings. The van der Waals surface area contributed by atoms with Crippen LogP contribution in [0.1, 0.15) is 31.2 Å². The highest BCUT2D eigenvalue weighted by atomic mass is 15.4. The second kappa shape index (κ2) is 6.14. The average Bonchev–Trinajstić information content (AvgIpc) is 3.35. The molecule has 2 saturated heterocycles. The van der Waals surface area contributed by atoms with E-state index < -0.39 is 0 Å². The first kappa shape index (κ1) is 16.4. The highest BCUT2D eigenvalue weighted by molar-refractivity contribution is 5.50. The van der Waals surface area contributed by atoms with E-state index in [0.29, 0.717) is 23.5 Å². The Morgan fingerprint density at radius 2 is 1.67 bits per heavy atom. The van der Waals surface area contributed by atoms with E-state index in [4.69, 9.17) is 0 Å². The Morgan fingerprint density at radius 1 is 0.926 bits per heavy atom. The summed E-state index contributed by atoms with van der Waals surface area (Å²) in [5, 5.41) is 4.36. The van der Waals surface area contributed by atoms with Crippen molar-refractivity contribution in [1.29, 1.82) is 0 Å². The lowest BCUT2D eigenvalue weighted by Crippen LogP contribution is -2.30. The molecule has 0 amide bonds. The van der Waals surface area contributed by atoms with Crippen molar-refractivity contribution in [2.75, 3.05) is 36.0 Å². The Bertz CT molecular complexity index is 967. The third-order valence-electron chi connectivity index (χ3n) is 5.76. The van der Waals surface area contributed by atoms with Crippen LogP contribution in [-0.2, 0) is 0 Å². The Hall–Kier alpha value is -2.77. The standard InChI is InChI=1S/C19H24N8/c1-12(2)16-5-17(21-10-20-16)25-6-14-8-26(9-15(14)7-25)18-4-13(3)24-19-22-11-23-27(18)19/h4-5,10-12,14-15H,6-9H2,1-3H3. The van der Waals surface area contributed by atoms with Gasteiger partial charge in [0.05, 0.1) is 0 Å². The Balaban J connectivity index is 1.35. The van der Waals surface area contributed by atoms with Crippen molar-refractivity contribution in [3.8, 4) is 0 Å². The molecular weight excluding hydrogens is 340 g/mol. The molecule has 0 N–H and O–H groups in total. The molecule has 0 bridgehead atoms. The van der Waals surface area contributed by atoms with Gasteiger partial charge in [0, 0.05) is 61.5 Å². The minimum Gasteiger partial charge on any atom is -0.356 e. The van der Waals surface area contributed by atoms with Gasteiger partial charge < -0.3 is 9.80 Å². The quantitative estimate of drug-likeness (QED) is 0.703. The molecule has 140 valence electrons. The van der Waals surface area contributed by atoms with Crippen molar-refractivity contribution in [1.82, 2.24) is 29.5 Å². The van der Waals surface area contributed by atoms with E-state index in [0.717, 1.165) is 49.2 Å². The Morgan fingerprint density at radius 3 is 2.41 bits per heavy atom. The topological polar surface area (TPSA) is 75.3 Å². The zero-order chi connectivity index (χ0) is 18.5. The predicted molar refractivity (Wildman–Crippen MR) is 103 cm³/mol. The zero-order valence-electron chi connectivity index (χ0n) is 15.9. The van der Waals surface area contributed by atoms with Crippen LogP contribution < -0.4 is 9.80 Å². The molecule has 8 heteroatoms. The molecule has 5 heterocycles. The van der Waals surface area contributed by atoms with Crippen LogP contribution in [0.25, 0.3) is 5.78 Å². The fourth-order valence-electron chi connectivity index (χ4n) is 4.35. The summed E-state index contributed by atoms with van der Waals surface area (Å²) in [5.74, 6) is 4.52. The van der Waals surface area contributed by atoms with Gasteiger partial charge in [0.15, 0.2) is 0 Å². The normalized spacial score (nSPS) is 22.2. The van der Waals surface area contributed by atoms with Crippen molar-refractivity contribution in [2.45, 2.75) is 26.7 Å². The molecule has 2 aliphatic heterocycles. The molecule has 0 spiro atoms. The lowest BCUT2D eigenvalue weighted by Gasteiger charge is -2.24. The van der Waals surface area contributed by atoms with Gasteiger partial charge in [-0.05, 0) is 12.8 Å². The largest absolute Gasteiger partial charge is 0.356 e. The van der Waals surface area contributed by atoms with Crippen LogP contribution >= 0.6 is 0 Å². The maximum atomic E-state index is 4.52. The molecule has 27 heavy (non-hydrogen) atoms. The third kappa shape index (κ3) is 2.79. The van der Waals surface area contributed by atoms with E-state index in [2.05, 4.69) is 60.8 Å². The van der Waals surface area contributed by atoms with Crippen LogP contribution in [-0.4, -0.2) is 55.7 Å². The number of fused-ring (bicyclic) bond motifs is 2. The molecule has 3 aromatic heterocycles. The first-order valence-electron chi connectivity index (χ1n) is 9.57. The first-order valence-corrected chi connectivity index (χ1v) is 9.57. The van der Waals surface area contributed by atoms with Crippen LogP contribution in [0.4, 0.5) is 11.6 Å². The molecule has 0 radical (unpaired) electrons. The average molecular weight is 364 g/mol.